The molecule has 1 saturated heterocycles. The van der Waals surface area contributed by atoms with Crippen LogP contribution in [0.3, 0.4) is 0 Å². The third-order valence-electron chi connectivity index (χ3n) is 5.40. The van der Waals surface area contributed by atoms with Crippen LogP contribution in [0.1, 0.15) is 16.1 Å². The van der Waals surface area contributed by atoms with Crippen LogP contribution in [0.25, 0.3) is 17.4 Å². The highest BCUT2D eigenvalue weighted by molar-refractivity contribution is 8.19. The Morgan fingerprint density at radius 1 is 0.895 bits per heavy atom. The summed E-state index contributed by atoms with van der Waals surface area (Å²) in [6.07, 6.45) is 1.59. The number of carbonyl (C=O) groups is 2. The number of aromatic carboxylic acids is 1. The molecule has 2 heterocycles. The highest BCUT2D eigenvalue weighted by atomic mass is 35.5. The van der Waals surface area contributed by atoms with Gasteiger partial charge in [-0.05, 0) is 72.4 Å². The fourth-order valence-electron chi connectivity index (χ4n) is 3.58. The summed E-state index contributed by atoms with van der Waals surface area (Å²) in [5.74, 6) is -0.477. The molecule has 5 rings (SSSR count). The summed E-state index contributed by atoms with van der Waals surface area (Å²) in [6, 6.07) is 19.4. The van der Waals surface area contributed by atoms with Crippen LogP contribution < -0.4 is 4.90 Å². The average Bonchev–Trinajstić information content (AvgIpc) is 3.47. The van der Waals surface area contributed by atoms with Gasteiger partial charge < -0.3 is 9.52 Å². The molecule has 0 aliphatic carbocycles. The summed E-state index contributed by atoms with van der Waals surface area (Å²) in [6.45, 7) is 0. The summed E-state index contributed by atoms with van der Waals surface area (Å²) < 4.78 is 5.92. The number of rotatable bonds is 5. The second kappa shape index (κ2) is 10.9. The molecule has 0 radical (unpaired) electrons. The number of furan rings is 1. The first kappa shape index (κ1) is 26.4. The van der Waals surface area contributed by atoms with Gasteiger partial charge in [-0.1, -0.05) is 58.5 Å². The minimum atomic E-state index is -1.01. The molecule has 6 nitrogen and oxygen atoms in total. The van der Waals surface area contributed by atoms with Crippen LogP contribution >= 0.6 is 58.2 Å². The quantitative estimate of drug-likeness (QED) is 0.230. The first-order valence-electron chi connectivity index (χ1n) is 10.9. The Bertz CT molecular complexity index is 1650. The van der Waals surface area contributed by atoms with Crippen LogP contribution in [0, 0.1) is 0 Å². The molecule has 0 bridgehead atoms. The van der Waals surface area contributed by atoms with Crippen LogP contribution in [-0.2, 0) is 4.79 Å². The zero-order chi connectivity index (χ0) is 27.0. The van der Waals surface area contributed by atoms with Gasteiger partial charge in [-0.25, -0.2) is 9.79 Å². The Morgan fingerprint density at radius 3 is 2.29 bits per heavy atom. The number of carbonyl (C=O) groups excluding carboxylic acids is 1. The molecule has 11 heteroatoms. The van der Waals surface area contributed by atoms with Crippen molar-refractivity contribution in [3.8, 4) is 11.3 Å². The molecular formula is C27H14Cl4N2O4S. The van der Waals surface area contributed by atoms with Gasteiger partial charge in [-0.3, -0.25) is 9.69 Å². The molecule has 0 unspecified atom stereocenters. The van der Waals surface area contributed by atoms with Crippen LogP contribution in [-0.4, -0.2) is 22.2 Å². The standard InChI is InChI=1S/C27H14Cl4N2O4S/c28-16-5-8-19(30)21(11-16)32-27-33(22-12-17(29)6-9-20(22)31)25(34)24(38-27)13-18-7-10-23(37-18)14-1-3-15(4-2-14)26(35)36/h1-13H,(H,35,36)/b24-13+,32-27?. The Labute approximate surface area is 241 Å². The molecule has 0 atom stereocenters. The minimum absolute atomic E-state index is 0.169. The number of carboxylic acid groups (broad SMARTS) is 1. The third-order valence-corrected chi connectivity index (χ3v) is 7.47. The molecule has 1 fully saturated rings. The SMILES string of the molecule is O=C(O)c1ccc(-c2ccc(/C=C3/SC(=Nc4cc(Cl)ccc4Cl)N(c4cc(Cl)ccc4Cl)C3=O)o2)cc1. The van der Waals surface area contributed by atoms with E-state index >= 15 is 0 Å². The highest BCUT2D eigenvalue weighted by Crippen LogP contribution is 2.42. The van der Waals surface area contributed by atoms with Gasteiger partial charge in [-0.2, -0.15) is 0 Å². The Hall–Kier alpha value is -3.20. The van der Waals surface area contributed by atoms with Crippen molar-refractivity contribution in [2.45, 2.75) is 0 Å². The maximum atomic E-state index is 13.6. The van der Waals surface area contributed by atoms with E-state index in [9.17, 15) is 9.59 Å². The Kier molecular flexibility index (Phi) is 7.56. The number of amides is 1. The zero-order valence-electron chi connectivity index (χ0n) is 19.0. The van der Waals surface area contributed by atoms with Crippen molar-refractivity contribution in [3.05, 3.63) is 109 Å². The van der Waals surface area contributed by atoms with Crippen LogP contribution in [0.2, 0.25) is 20.1 Å². The molecule has 0 saturated carbocycles. The Morgan fingerprint density at radius 2 is 1.58 bits per heavy atom. The number of halogens is 4. The second-order valence-electron chi connectivity index (χ2n) is 7.92. The zero-order valence-corrected chi connectivity index (χ0v) is 22.8. The average molecular weight is 604 g/mol. The van der Waals surface area contributed by atoms with Crippen LogP contribution in [0.5, 0.6) is 0 Å². The second-order valence-corrected chi connectivity index (χ2v) is 10.6. The molecule has 1 aliphatic rings. The van der Waals surface area contributed by atoms with Crippen LogP contribution in [0.15, 0.2) is 87.1 Å². The number of thioether (sulfide) groups is 1. The lowest BCUT2D eigenvalue weighted by molar-refractivity contribution is -0.113. The molecule has 1 aromatic heterocycles. The van der Waals surface area contributed by atoms with Crippen molar-refractivity contribution in [1.82, 2.24) is 0 Å². The van der Waals surface area contributed by atoms with Crippen molar-refractivity contribution in [2.75, 3.05) is 4.90 Å². The summed E-state index contributed by atoms with van der Waals surface area (Å²) >= 11 is 26.2. The summed E-state index contributed by atoms with van der Waals surface area (Å²) in [5.41, 5.74) is 1.59. The number of anilines is 1. The predicted octanol–water partition coefficient (Wildman–Crippen LogP) is 9.07. The monoisotopic (exact) mass is 602 g/mol. The predicted molar refractivity (Wildman–Crippen MR) is 154 cm³/mol. The van der Waals surface area contributed by atoms with Crippen molar-refractivity contribution in [2.24, 2.45) is 4.99 Å². The van der Waals surface area contributed by atoms with Gasteiger partial charge in [-0.15, -0.1) is 0 Å². The fourth-order valence-corrected chi connectivity index (χ4v) is 5.25. The molecular weight excluding hydrogens is 590 g/mol. The summed E-state index contributed by atoms with van der Waals surface area (Å²) in [7, 11) is 0. The molecule has 0 spiro atoms. The smallest absolute Gasteiger partial charge is 0.335 e. The fraction of sp³-hybridized carbons (Fsp3) is 0. The van der Waals surface area contributed by atoms with E-state index in [1.165, 1.54) is 17.0 Å². The van der Waals surface area contributed by atoms with Gasteiger partial charge in [0.05, 0.1) is 31.9 Å². The van der Waals surface area contributed by atoms with E-state index in [1.807, 2.05) is 0 Å². The van der Waals surface area contributed by atoms with Crippen molar-refractivity contribution in [1.29, 1.82) is 0 Å². The lowest BCUT2D eigenvalue weighted by atomic mass is 10.1. The third kappa shape index (κ3) is 5.48. The van der Waals surface area contributed by atoms with Gasteiger partial charge >= 0.3 is 5.97 Å². The molecule has 4 aromatic rings. The van der Waals surface area contributed by atoms with E-state index in [0.717, 1.165) is 11.8 Å². The van der Waals surface area contributed by atoms with Crippen molar-refractivity contribution in [3.63, 3.8) is 0 Å². The lowest BCUT2D eigenvalue weighted by Crippen LogP contribution is -2.29. The van der Waals surface area contributed by atoms with E-state index in [4.69, 9.17) is 55.9 Å². The number of amidine groups is 1. The summed E-state index contributed by atoms with van der Waals surface area (Å²) in [4.78, 5) is 31.0. The van der Waals surface area contributed by atoms with Gasteiger partial charge in [0.2, 0.25) is 0 Å². The topological polar surface area (TPSA) is 83.1 Å². The molecule has 190 valence electrons. The Balaban J connectivity index is 1.54. The van der Waals surface area contributed by atoms with Crippen molar-refractivity contribution < 1.29 is 19.1 Å². The van der Waals surface area contributed by atoms with E-state index < -0.39 is 5.97 Å². The normalized spacial score (nSPS) is 15.6. The largest absolute Gasteiger partial charge is 0.478 e. The van der Waals surface area contributed by atoms with Gasteiger partial charge in [0, 0.05) is 21.7 Å². The number of carboxylic acids is 1. The minimum Gasteiger partial charge on any atom is -0.478 e. The van der Waals surface area contributed by atoms with Crippen LogP contribution in [0.4, 0.5) is 11.4 Å². The van der Waals surface area contributed by atoms with E-state index in [-0.39, 0.29) is 11.5 Å². The molecule has 38 heavy (non-hydrogen) atoms. The number of benzene rings is 3. The first-order valence-corrected chi connectivity index (χ1v) is 13.2. The maximum absolute atomic E-state index is 13.6. The number of aliphatic imine (C=N–C) groups is 1. The lowest BCUT2D eigenvalue weighted by Gasteiger charge is -2.17. The van der Waals surface area contributed by atoms with Gasteiger partial charge in [0.15, 0.2) is 5.17 Å². The van der Waals surface area contributed by atoms with E-state index in [2.05, 4.69) is 4.99 Å². The molecule has 1 N–H and O–H groups in total. The van der Waals surface area contributed by atoms with E-state index in [0.29, 0.717) is 58.6 Å². The van der Waals surface area contributed by atoms with Gasteiger partial charge in [0.1, 0.15) is 11.5 Å². The maximum Gasteiger partial charge on any atom is 0.335 e. The number of hydrogen-bond acceptors (Lipinski definition) is 5. The van der Waals surface area contributed by atoms with Crippen molar-refractivity contribution >= 4 is 92.7 Å². The first-order chi connectivity index (χ1) is 18.2. The van der Waals surface area contributed by atoms with E-state index in [1.54, 1.807) is 66.7 Å². The highest BCUT2D eigenvalue weighted by Gasteiger charge is 2.36. The molecule has 1 amide bonds. The summed E-state index contributed by atoms with van der Waals surface area (Å²) in [5, 5.41) is 10.9. The molecule has 3 aromatic carbocycles. The number of hydrogen-bond donors (Lipinski definition) is 1. The van der Waals surface area contributed by atoms with Gasteiger partial charge in [0.25, 0.3) is 5.91 Å². The molecule has 1 aliphatic heterocycles. The number of nitrogens with zero attached hydrogens (tertiary/aromatic N) is 2.